The standard InChI is InChI=1S/C18H19N3O2/c1-3-11-6-5-7-12(4-2)16(11)21-17(22)14-9-8-13(19)10-15(14)20-18(21)23/h5-10H,3-4,19H2,1-2H3,(H,20,23). The fourth-order valence-corrected chi connectivity index (χ4v) is 2.94. The molecule has 0 bridgehead atoms. The van der Waals surface area contributed by atoms with Crippen LogP contribution in [0.2, 0.25) is 0 Å². The average molecular weight is 309 g/mol. The third-order valence-electron chi connectivity index (χ3n) is 4.11. The van der Waals surface area contributed by atoms with E-state index in [-0.39, 0.29) is 5.56 Å². The van der Waals surface area contributed by atoms with E-state index in [0.717, 1.165) is 24.0 Å². The number of nitrogens with one attached hydrogen (secondary N) is 1. The van der Waals surface area contributed by atoms with Crippen molar-refractivity contribution in [3.8, 4) is 5.69 Å². The van der Waals surface area contributed by atoms with Gasteiger partial charge < -0.3 is 10.7 Å². The number of nitrogens with zero attached hydrogens (tertiary/aromatic N) is 1. The van der Waals surface area contributed by atoms with Crippen molar-refractivity contribution >= 4 is 16.6 Å². The first-order valence-corrected chi connectivity index (χ1v) is 7.72. The van der Waals surface area contributed by atoms with Gasteiger partial charge in [0.2, 0.25) is 0 Å². The summed E-state index contributed by atoms with van der Waals surface area (Å²) in [5.41, 5.74) is 8.60. The lowest BCUT2D eigenvalue weighted by Gasteiger charge is -2.15. The molecule has 118 valence electrons. The van der Waals surface area contributed by atoms with E-state index in [1.807, 2.05) is 32.0 Å². The topological polar surface area (TPSA) is 80.9 Å². The number of hydrogen-bond donors (Lipinski definition) is 2. The molecule has 0 aliphatic carbocycles. The van der Waals surface area contributed by atoms with Crippen molar-refractivity contribution in [3.05, 3.63) is 68.4 Å². The molecule has 0 fully saturated rings. The number of hydrogen-bond acceptors (Lipinski definition) is 3. The van der Waals surface area contributed by atoms with Crippen LogP contribution in [0.1, 0.15) is 25.0 Å². The molecule has 5 heteroatoms. The number of fused-ring (bicyclic) bond motifs is 1. The Morgan fingerprint density at radius 3 is 2.30 bits per heavy atom. The van der Waals surface area contributed by atoms with E-state index < -0.39 is 5.69 Å². The summed E-state index contributed by atoms with van der Waals surface area (Å²) in [5, 5.41) is 0.451. The number of rotatable bonds is 3. The van der Waals surface area contributed by atoms with E-state index in [2.05, 4.69) is 4.98 Å². The summed E-state index contributed by atoms with van der Waals surface area (Å²) in [5.74, 6) is 0. The van der Waals surface area contributed by atoms with Gasteiger partial charge >= 0.3 is 5.69 Å². The van der Waals surface area contributed by atoms with Gasteiger partial charge in [-0.25, -0.2) is 9.36 Å². The maximum atomic E-state index is 12.9. The van der Waals surface area contributed by atoms with Crippen molar-refractivity contribution < 1.29 is 0 Å². The molecule has 0 radical (unpaired) electrons. The summed E-state index contributed by atoms with van der Waals surface area (Å²) < 4.78 is 1.25. The Morgan fingerprint density at radius 1 is 1.04 bits per heavy atom. The number of aromatic nitrogens is 2. The number of aryl methyl sites for hydroxylation is 2. The molecule has 1 heterocycles. The molecule has 0 atom stereocenters. The fraction of sp³-hybridized carbons (Fsp3) is 0.222. The van der Waals surface area contributed by atoms with Gasteiger partial charge in [0.25, 0.3) is 5.56 Å². The third kappa shape index (κ3) is 2.44. The van der Waals surface area contributed by atoms with Gasteiger partial charge in [0.1, 0.15) is 0 Å². The van der Waals surface area contributed by atoms with E-state index in [1.54, 1.807) is 18.2 Å². The molecule has 3 N–H and O–H groups in total. The maximum absolute atomic E-state index is 12.9. The highest BCUT2D eigenvalue weighted by molar-refractivity contribution is 5.81. The molecule has 2 aromatic carbocycles. The van der Waals surface area contributed by atoms with Crippen LogP contribution >= 0.6 is 0 Å². The van der Waals surface area contributed by atoms with E-state index >= 15 is 0 Å². The Labute approximate surface area is 133 Å². The highest BCUT2D eigenvalue weighted by Gasteiger charge is 2.15. The second kappa shape index (κ2) is 5.76. The third-order valence-corrected chi connectivity index (χ3v) is 4.11. The van der Waals surface area contributed by atoms with Crippen LogP contribution in [0, 0.1) is 0 Å². The van der Waals surface area contributed by atoms with Crippen molar-refractivity contribution in [1.29, 1.82) is 0 Å². The molecular weight excluding hydrogens is 290 g/mol. The predicted molar refractivity (Wildman–Crippen MR) is 93.3 cm³/mol. The zero-order valence-electron chi connectivity index (χ0n) is 13.2. The number of aromatic amines is 1. The lowest BCUT2D eigenvalue weighted by molar-refractivity contribution is 0.864. The van der Waals surface area contributed by atoms with Crippen molar-refractivity contribution in [2.45, 2.75) is 26.7 Å². The lowest BCUT2D eigenvalue weighted by Crippen LogP contribution is -2.35. The monoisotopic (exact) mass is 309 g/mol. The van der Waals surface area contributed by atoms with E-state index in [4.69, 9.17) is 5.73 Å². The fourth-order valence-electron chi connectivity index (χ4n) is 2.94. The summed E-state index contributed by atoms with van der Waals surface area (Å²) in [6.45, 7) is 4.03. The Balaban J connectivity index is 2.45. The highest BCUT2D eigenvalue weighted by Crippen LogP contribution is 2.20. The van der Waals surface area contributed by atoms with Crippen LogP contribution < -0.4 is 17.0 Å². The van der Waals surface area contributed by atoms with Crippen LogP contribution in [0.5, 0.6) is 0 Å². The first-order valence-electron chi connectivity index (χ1n) is 7.72. The SMILES string of the molecule is CCc1cccc(CC)c1-n1c(=O)[nH]c2cc(N)ccc2c1=O. The van der Waals surface area contributed by atoms with Crippen LogP contribution in [0.4, 0.5) is 5.69 Å². The first-order chi connectivity index (χ1) is 11.1. The second-order valence-corrected chi connectivity index (χ2v) is 5.51. The van der Waals surface area contributed by atoms with E-state index in [9.17, 15) is 9.59 Å². The summed E-state index contributed by atoms with van der Waals surface area (Å²) >= 11 is 0. The minimum Gasteiger partial charge on any atom is -0.399 e. The largest absolute Gasteiger partial charge is 0.399 e. The molecular formula is C18H19N3O2. The van der Waals surface area contributed by atoms with Gasteiger partial charge in [-0.1, -0.05) is 32.0 Å². The van der Waals surface area contributed by atoms with E-state index in [1.165, 1.54) is 4.57 Å². The number of benzene rings is 2. The molecule has 23 heavy (non-hydrogen) atoms. The van der Waals surface area contributed by atoms with Crippen molar-refractivity contribution in [3.63, 3.8) is 0 Å². The van der Waals surface area contributed by atoms with Crippen LogP contribution in [-0.4, -0.2) is 9.55 Å². The molecule has 0 spiro atoms. The Morgan fingerprint density at radius 2 is 1.70 bits per heavy atom. The molecule has 3 rings (SSSR count). The number of anilines is 1. The van der Waals surface area contributed by atoms with Crippen LogP contribution in [0.3, 0.4) is 0 Å². The summed E-state index contributed by atoms with van der Waals surface area (Å²) in [6.07, 6.45) is 1.49. The molecule has 0 saturated carbocycles. The number of nitrogen functional groups attached to an aromatic ring is 1. The summed E-state index contributed by atoms with van der Waals surface area (Å²) in [4.78, 5) is 28.2. The van der Waals surface area contributed by atoms with Gasteiger partial charge in [0.05, 0.1) is 16.6 Å². The van der Waals surface area contributed by atoms with Gasteiger partial charge in [-0.05, 0) is 42.2 Å². The molecule has 3 aromatic rings. The second-order valence-electron chi connectivity index (χ2n) is 5.51. The average Bonchev–Trinajstić information content (AvgIpc) is 2.54. The molecule has 0 amide bonds. The minimum atomic E-state index is -0.441. The summed E-state index contributed by atoms with van der Waals surface area (Å²) in [6, 6.07) is 10.8. The zero-order valence-corrected chi connectivity index (χ0v) is 13.2. The van der Waals surface area contributed by atoms with Crippen molar-refractivity contribution in [1.82, 2.24) is 9.55 Å². The highest BCUT2D eigenvalue weighted by atomic mass is 16.2. The number of H-pyrrole nitrogens is 1. The zero-order chi connectivity index (χ0) is 16.6. The lowest BCUT2D eigenvalue weighted by atomic mass is 10.0. The Hall–Kier alpha value is -2.82. The first kappa shape index (κ1) is 15.1. The smallest absolute Gasteiger partial charge is 0.333 e. The number of para-hydroxylation sites is 1. The molecule has 0 aliphatic rings. The van der Waals surface area contributed by atoms with Gasteiger partial charge in [-0.2, -0.15) is 0 Å². The predicted octanol–water partition coefficient (Wildman–Crippen LogP) is 2.39. The Kier molecular flexibility index (Phi) is 3.78. The van der Waals surface area contributed by atoms with Gasteiger partial charge in [-0.3, -0.25) is 4.79 Å². The molecule has 0 unspecified atom stereocenters. The number of nitrogens with two attached hydrogens (primary N) is 1. The molecule has 0 saturated heterocycles. The van der Waals surface area contributed by atoms with Crippen LogP contribution in [0.25, 0.3) is 16.6 Å². The van der Waals surface area contributed by atoms with Gasteiger partial charge in [0.15, 0.2) is 0 Å². The summed E-state index contributed by atoms with van der Waals surface area (Å²) in [7, 11) is 0. The van der Waals surface area contributed by atoms with Crippen molar-refractivity contribution in [2.24, 2.45) is 0 Å². The van der Waals surface area contributed by atoms with Crippen molar-refractivity contribution in [2.75, 3.05) is 5.73 Å². The van der Waals surface area contributed by atoms with Crippen LogP contribution in [0.15, 0.2) is 46.0 Å². The Bertz CT molecular complexity index is 977. The quantitative estimate of drug-likeness (QED) is 0.729. The van der Waals surface area contributed by atoms with E-state index in [0.29, 0.717) is 22.3 Å². The van der Waals surface area contributed by atoms with Gasteiger partial charge in [0, 0.05) is 5.69 Å². The minimum absolute atomic E-state index is 0.320. The molecule has 0 aliphatic heterocycles. The normalized spacial score (nSPS) is 11.0. The molecule has 5 nitrogen and oxygen atoms in total. The maximum Gasteiger partial charge on any atom is 0.333 e. The molecule has 1 aromatic heterocycles. The van der Waals surface area contributed by atoms with Crippen LogP contribution in [-0.2, 0) is 12.8 Å². The van der Waals surface area contributed by atoms with Gasteiger partial charge in [-0.15, -0.1) is 0 Å².